The van der Waals surface area contributed by atoms with Crippen molar-refractivity contribution in [1.29, 1.82) is 0 Å². The van der Waals surface area contributed by atoms with Crippen LogP contribution < -0.4 is 5.32 Å². The molecule has 4 aromatic rings. The van der Waals surface area contributed by atoms with Crippen LogP contribution in [-0.4, -0.2) is 25.5 Å². The Morgan fingerprint density at radius 2 is 1.62 bits per heavy atom. The number of benzene rings is 2. The molecule has 0 radical (unpaired) electrons. The van der Waals surface area contributed by atoms with Gasteiger partial charge in [-0.3, -0.25) is 9.48 Å². The van der Waals surface area contributed by atoms with Crippen molar-refractivity contribution in [3.63, 3.8) is 0 Å². The Morgan fingerprint density at radius 3 is 2.28 bits per heavy atom. The molecule has 1 N–H and O–H groups in total. The van der Waals surface area contributed by atoms with E-state index in [2.05, 4.69) is 15.5 Å². The number of para-hydroxylation sites is 1. The molecular weight excluding hydrogens is 426 g/mol. The van der Waals surface area contributed by atoms with Crippen molar-refractivity contribution in [2.24, 2.45) is 0 Å². The third-order valence-electron chi connectivity index (χ3n) is 4.92. The second-order valence-electron chi connectivity index (χ2n) is 7.09. The zero-order valence-electron chi connectivity index (χ0n) is 17.0. The van der Waals surface area contributed by atoms with E-state index in [-0.39, 0.29) is 11.9 Å². The van der Waals surface area contributed by atoms with Crippen molar-refractivity contribution in [2.45, 2.75) is 20.4 Å². The van der Waals surface area contributed by atoms with Gasteiger partial charge >= 0.3 is 0 Å². The predicted molar refractivity (Wildman–Crippen MR) is 109 cm³/mol. The number of nitrogens with zero attached hydrogens (tertiary/aromatic N) is 4. The van der Waals surface area contributed by atoms with Gasteiger partial charge in [-0.05, 0) is 26.0 Å². The molecule has 0 spiro atoms. The molecule has 2 aromatic carbocycles. The Labute approximate surface area is 180 Å². The highest BCUT2D eigenvalue weighted by Gasteiger charge is 2.22. The first-order chi connectivity index (χ1) is 15.3. The van der Waals surface area contributed by atoms with Crippen LogP contribution >= 0.6 is 0 Å². The van der Waals surface area contributed by atoms with E-state index in [1.165, 1.54) is 12.3 Å². The lowest BCUT2D eigenvalue weighted by molar-refractivity contribution is 0.102. The minimum absolute atomic E-state index is 0.0963. The molecule has 32 heavy (non-hydrogen) atoms. The lowest BCUT2D eigenvalue weighted by atomic mass is 10.2. The summed E-state index contributed by atoms with van der Waals surface area (Å²) in [6.07, 6.45) is 1.32. The highest BCUT2D eigenvalue weighted by molar-refractivity contribution is 6.05. The second kappa shape index (κ2) is 8.29. The Morgan fingerprint density at radius 1 is 0.969 bits per heavy atom. The first-order valence-corrected chi connectivity index (χ1v) is 9.54. The molecular formula is C22H17F4N5O. The van der Waals surface area contributed by atoms with E-state index in [9.17, 15) is 22.4 Å². The second-order valence-corrected chi connectivity index (χ2v) is 7.09. The van der Waals surface area contributed by atoms with Crippen LogP contribution in [-0.2, 0) is 6.54 Å². The molecule has 0 aliphatic carbocycles. The standard InChI is InChI=1S/C22H17F4N5O/c1-12-19(13(2)31(28-12)14-6-4-3-5-7-14)22(32)27-18-8-9-30(29-18)11-15-20(25)16(23)10-17(24)21(15)26/h3-10H,11H2,1-2H3,(H,27,29,32). The van der Waals surface area contributed by atoms with E-state index in [1.54, 1.807) is 18.5 Å². The van der Waals surface area contributed by atoms with Gasteiger partial charge in [-0.15, -0.1) is 0 Å². The van der Waals surface area contributed by atoms with Gasteiger partial charge in [0.15, 0.2) is 29.1 Å². The fourth-order valence-corrected chi connectivity index (χ4v) is 3.41. The van der Waals surface area contributed by atoms with E-state index < -0.39 is 41.3 Å². The van der Waals surface area contributed by atoms with Gasteiger partial charge in [0.05, 0.1) is 34.7 Å². The normalized spacial score (nSPS) is 11.1. The van der Waals surface area contributed by atoms with Crippen LogP contribution in [0.25, 0.3) is 5.69 Å². The number of amides is 1. The van der Waals surface area contributed by atoms with Gasteiger partial charge in [0.2, 0.25) is 0 Å². The van der Waals surface area contributed by atoms with Crippen LogP contribution in [0.1, 0.15) is 27.3 Å². The third-order valence-corrected chi connectivity index (χ3v) is 4.92. The summed E-state index contributed by atoms with van der Waals surface area (Å²) < 4.78 is 57.3. The van der Waals surface area contributed by atoms with Crippen LogP contribution in [0.5, 0.6) is 0 Å². The number of hydrogen-bond donors (Lipinski definition) is 1. The van der Waals surface area contributed by atoms with E-state index in [0.29, 0.717) is 17.0 Å². The van der Waals surface area contributed by atoms with Gasteiger partial charge in [0.25, 0.3) is 5.91 Å². The third kappa shape index (κ3) is 3.86. The maximum Gasteiger partial charge on any atom is 0.260 e. The molecule has 0 aliphatic rings. The maximum absolute atomic E-state index is 13.9. The Kier molecular flexibility index (Phi) is 5.52. The van der Waals surface area contributed by atoms with Gasteiger partial charge in [-0.1, -0.05) is 18.2 Å². The number of aromatic nitrogens is 4. The molecule has 4 rings (SSSR count). The summed E-state index contributed by atoms with van der Waals surface area (Å²) in [5, 5.41) is 11.0. The molecule has 10 heteroatoms. The largest absolute Gasteiger partial charge is 0.305 e. The molecule has 164 valence electrons. The number of aryl methyl sites for hydroxylation is 1. The first-order valence-electron chi connectivity index (χ1n) is 9.54. The van der Waals surface area contributed by atoms with Crippen molar-refractivity contribution in [3.8, 4) is 5.69 Å². The molecule has 2 heterocycles. The van der Waals surface area contributed by atoms with Gasteiger partial charge in [-0.25, -0.2) is 22.2 Å². The molecule has 0 saturated heterocycles. The monoisotopic (exact) mass is 443 g/mol. The smallest absolute Gasteiger partial charge is 0.260 e. The van der Waals surface area contributed by atoms with Crippen molar-refractivity contribution in [2.75, 3.05) is 5.32 Å². The topological polar surface area (TPSA) is 64.7 Å². The average Bonchev–Trinajstić information content (AvgIpc) is 3.33. The summed E-state index contributed by atoms with van der Waals surface area (Å²) in [6, 6.07) is 10.8. The van der Waals surface area contributed by atoms with Gasteiger partial charge in [0, 0.05) is 18.3 Å². The number of carbonyl (C=O) groups excluding carboxylic acids is 1. The number of anilines is 1. The van der Waals surface area contributed by atoms with Gasteiger partial charge < -0.3 is 5.32 Å². The fraction of sp³-hybridized carbons (Fsp3) is 0.136. The quantitative estimate of drug-likeness (QED) is 0.364. The van der Waals surface area contributed by atoms with E-state index >= 15 is 0 Å². The zero-order chi connectivity index (χ0) is 23.0. The number of carbonyl (C=O) groups is 1. The summed E-state index contributed by atoms with van der Waals surface area (Å²) in [6.45, 7) is 2.89. The summed E-state index contributed by atoms with van der Waals surface area (Å²) >= 11 is 0. The summed E-state index contributed by atoms with van der Waals surface area (Å²) in [7, 11) is 0. The van der Waals surface area contributed by atoms with Gasteiger partial charge in [-0.2, -0.15) is 10.2 Å². The first kappa shape index (κ1) is 21.3. The molecule has 0 atom stereocenters. The maximum atomic E-state index is 13.9. The Balaban J connectivity index is 1.55. The van der Waals surface area contributed by atoms with E-state index in [0.717, 1.165) is 10.4 Å². The van der Waals surface area contributed by atoms with E-state index in [4.69, 9.17) is 0 Å². The lowest BCUT2D eigenvalue weighted by Crippen LogP contribution is -2.15. The number of nitrogens with one attached hydrogen (secondary N) is 1. The Bertz CT molecular complexity index is 1290. The van der Waals surface area contributed by atoms with Crippen LogP contribution in [0.15, 0.2) is 48.7 Å². The number of rotatable bonds is 5. The number of hydrogen-bond acceptors (Lipinski definition) is 3. The highest BCUT2D eigenvalue weighted by atomic mass is 19.2. The predicted octanol–water partition coefficient (Wildman–Crippen LogP) is 4.54. The molecule has 0 bridgehead atoms. The van der Waals surface area contributed by atoms with Crippen molar-refractivity contribution in [3.05, 3.63) is 94.4 Å². The molecule has 6 nitrogen and oxygen atoms in total. The minimum atomic E-state index is -1.50. The molecule has 0 saturated carbocycles. The fourth-order valence-electron chi connectivity index (χ4n) is 3.41. The molecule has 0 fully saturated rings. The zero-order valence-corrected chi connectivity index (χ0v) is 17.0. The van der Waals surface area contributed by atoms with Gasteiger partial charge in [0.1, 0.15) is 0 Å². The van der Waals surface area contributed by atoms with Crippen LogP contribution in [0.3, 0.4) is 0 Å². The molecule has 1 amide bonds. The summed E-state index contributed by atoms with van der Waals surface area (Å²) in [5.74, 6) is -6.36. The highest BCUT2D eigenvalue weighted by Crippen LogP contribution is 2.22. The van der Waals surface area contributed by atoms with Crippen molar-refractivity contribution < 1.29 is 22.4 Å². The van der Waals surface area contributed by atoms with Crippen molar-refractivity contribution >= 4 is 11.7 Å². The molecule has 0 aliphatic heterocycles. The summed E-state index contributed by atoms with van der Waals surface area (Å²) in [4.78, 5) is 12.8. The van der Waals surface area contributed by atoms with Crippen LogP contribution in [0.2, 0.25) is 0 Å². The average molecular weight is 443 g/mol. The van der Waals surface area contributed by atoms with Crippen LogP contribution in [0, 0.1) is 37.1 Å². The van der Waals surface area contributed by atoms with Crippen molar-refractivity contribution in [1.82, 2.24) is 19.6 Å². The molecule has 0 unspecified atom stereocenters. The van der Waals surface area contributed by atoms with Crippen LogP contribution in [0.4, 0.5) is 23.4 Å². The summed E-state index contributed by atoms with van der Waals surface area (Å²) in [5.41, 5.74) is 1.46. The van der Waals surface area contributed by atoms with E-state index in [1.807, 2.05) is 30.3 Å². The SMILES string of the molecule is Cc1nn(-c2ccccc2)c(C)c1C(=O)Nc1ccn(Cc2c(F)c(F)cc(F)c2F)n1. The molecule has 2 aromatic heterocycles. The minimum Gasteiger partial charge on any atom is -0.305 e. The lowest BCUT2D eigenvalue weighted by Gasteiger charge is -2.07. The Hall–Kier alpha value is -3.95. The number of halogens is 4.